The van der Waals surface area contributed by atoms with Gasteiger partial charge in [0, 0.05) is 40.0 Å². The summed E-state index contributed by atoms with van der Waals surface area (Å²) in [6.07, 6.45) is 5.40. The number of nitro benzene ring substituents is 1. The summed E-state index contributed by atoms with van der Waals surface area (Å²) in [6.45, 7) is 0. The number of hydrogen-bond donors (Lipinski definition) is 2. The van der Waals surface area contributed by atoms with Crippen LogP contribution in [0, 0.1) is 16.0 Å². The summed E-state index contributed by atoms with van der Waals surface area (Å²) < 4.78 is 0. The number of hydrogen-bond acceptors (Lipinski definition) is 4. The van der Waals surface area contributed by atoms with Gasteiger partial charge in [0.15, 0.2) is 0 Å². The normalized spacial score (nSPS) is 20.7. The minimum atomic E-state index is -0.467. The van der Waals surface area contributed by atoms with Crippen LogP contribution in [0.1, 0.15) is 39.9 Å². The third-order valence-electron chi connectivity index (χ3n) is 6.19. The number of carbonyl (C=O) groups excluding carboxylic acids is 1. The van der Waals surface area contributed by atoms with Crippen LogP contribution in [0.2, 0.25) is 5.02 Å². The topological polar surface area (TPSA) is 84.3 Å². The molecule has 0 saturated carbocycles. The molecule has 2 N–H and O–H groups in total. The first-order valence-corrected chi connectivity index (χ1v) is 10.8. The second-order valence-electron chi connectivity index (χ2n) is 8.09. The molecule has 0 unspecified atom stereocenters. The van der Waals surface area contributed by atoms with Gasteiger partial charge in [0.25, 0.3) is 11.6 Å². The second kappa shape index (κ2) is 8.13. The predicted molar refractivity (Wildman–Crippen MR) is 125 cm³/mol. The van der Waals surface area contributed by atoms with Crippen LogP contribution in [-0.2, 0) is 0 Å². The van der Waals surface area contributed by atoms with Crippen molar-refractivity contribution in [1.29, 1.82) is 0 Å². The smallest absolute Gasteiger partial charge is 0.269 e. The molecule has 0 radical (unpaired) electrons. The van der Waals surface area contributed by atoms with Gasteiger partial charge in [-0.25, -0.2) is 0 Å². The number of non-ortho nitro benzene ring substituents is 1. The van der Waals surface area contributed by atoms with Crippen molar-refractivity contribution in [2.75, 3.05) is 10.6 Å². The third kappa shape index (κ3) is 3.74. The summed E-state index contributed by atoms with van der Waals surface area (Å²) in [5, 5.41) is 18.0. The van der Waals surface area contributed by atoms with Gasteiger partial charge in [0.1, 0.15) is 0 Å². The van der Waals surface area contributed by atoms with Gasteiger partial charge in [-0.2, -0.15) is 0 Å². The van der Waals surface area contributed by atoms with Crippen molar-refractivity contribution in [1.82, 2.24) is 0 Å². The molecular weight excluding hydrogens is 426 g/mol. The summed E-state index contributed by atoms with van der Waals surface area (Å²) in [7, 11) is 0. The first-order valence-electron chi connectivity index (χ1n) is 10.4. The Labute approximate surface area is 190 Å². The molecule has 1 amide bonds. The minimum absolute atomic E-state index is 0.0165. The number of nitrogens with zero attached hydrogens (tertiary/aromatic N) is 1. The first kappa shape index (κ1) is 20.3. The molecule has 0 bridgehead atoms. The summed E-state index contributed by atoms with van der Waals surface area (Å²) in [6, 6.07) is 19.6. The zero-order chi connectivity index (χ0) is 22.2. The molecular formula is C25H20ClN3O3. The van der Waals surface area contributed by atoms with Gasteiger partial charge in [-0.1, -0.05) is 35.9 Å². The lowest BCUT2D eigenvalue weighted by Gasteiger charge is -2.37. The van der Waals surface area contributed by atoms with Crippen LogP contribution >= 0.6 is 11.6 Å². The SMILES string of the molecule is O=C(Nc1ccc([N+](=O)[O-])cc1)c1ccc2c(c1)[C@H]1C=CC[C@H]1[C@H](c1ccc(Cl)cc1)N2. The number of fused-ring (bicyclic) bond motifs is 3. The van der Waals surface area contributed by atoms with E-state index in [2.05, 4.69) is 34.9 Å². The molecule has 3 atom stereocenters. The first-order chi connectivity index (χ1) is 15.5. The Bertz CT molecular complexity index is 1220. The number of anilines is 2. The molecule has 1 aliphatic carbocycles. The fourth-order valence-corrected chi connectivity index (χ4v) is 4.73. The summed E-state index contributed by atoms with van der Waals surface area (Å²) >= 11 is 6.07. The zero-order valence-electron chi connectivity index (χ0n) is 17.0. The van der Waals surface area contributed by atoms with Crippen LogP contribution in [0.15, 0.2) is 78.9 Å². The van der Waals surface area contributed by atoms with Crippen LogP contribution < -0.4 is 10.6 Å². The van der Waals surface area contributed by atoms with E-state index in [4.69, 9.17) is 11.6 Å². The van der Waals surface area contributed by atoms with Crippen molar-refractivity contribution in [2.45, 2.75) is 18.4 Å². The molecule has 6 nitrogen and oxygen atoms in total. The number of rotatable bonds is 4. The van der Waals surface area contributed by atoms with Gasteiger partial charge < -0.3 is 10.6 Å². The van der Waals surface area contributed by atoms with Crippen molar-refractivity contribution in [3.63, 3.8) is 0 Å². The van der Waals surface area contributed by atoms with Gasteiger partial charge in [0.05, 0.1) is 11.0 Å². The molecule has 3 aromatic carbocycles. The molecule has 0 saturated heterocycles. The molecule has 32 heavy (non-hydrogen) atoms. The maximum absolute atomic E-state index is 12.8. The van der Waals surface area contributed by atoms with E-state index in [1.807, 2.05) is 24.3 Å². The average Bonchev–Trinajstić information content (AvgIpc) is 3.29. The van der Waals surface area contributed by atoms with E-state index >= 15 is 0 Å². The lowest BCUT2D eigenvalue weighted by atomic mass is 9.76. The molecule has 5 rings (SSSR count). The van der Waals surface area contributed by atoms with Gasteiger partial charge >= 0.3 is 0 Å². The largest absolute Gasteiger partial charge is 0.378 e. The summed E-state index contributed by atoms with van der Waals surface area (Å²) in [5.74, 6) is 0.329. The monoisotopic (exact) mass is 445 g/mol. The van der Waals surface area contributed by atoms with E-state index in [0.717, 1.165) is 22.7 Å². The van der Waals surface area contributed by atoms with Gasteiger partial charge in [0.2, 0.25) is 0 Å². The maximum Gasteiger partial charge on any atom is 0.269 e. The van der Waals surface area contributed by atoms with Crippen LogP contribution in [0.5, 0.6) is 0 Å². The Morgan fingerprint density at radius 1 is 1.06 bits per heavy atom. The van der Waals surface area contributed by atoms with Crippen LogP contribution in [0.4, 0.5) is 17.1 Å². The van der Waals surface area contributed by atoms with E-state index < -0.39 is 4.92 Å². The number of nitro groups is 1. The van der Waals surface area contributed by atoms with Crippen molar-refractivity contribution >= 4 is 34.6 Å². The van der Waals surface area contributed by atoms with Gasteiger partial charge in [-0.15, -0.1) is 0 Å². The van der Waals surface area contributed by atoms with Gasteiger partial charge in [-0.05, 0) is 65.9 Å². The van der Waals surface area contributed by atoms with Crippen molar-refractivity contribution < 1.29 is 9.72 Å². The fraction of sp³-hybridized carbons (Fsp3) is 0.160. The Balaban J connectivity index is 1.40. The highest BCUT2D eigenvalue weighted by atomic mass is 35.5. The minimum Gasteiger partial charge on any atom is -0.378 e. The van der Waals surface area contributed by atoms with Crippen molar-refractivity contribution in [3.05, 3.63) is 111 Å². The number of allylic oxidation sites excluding steroid dienone is 2. The van der Waals surface area contributed by atoms with Crippen molar-refractivity contribution in [2.24, 2.45) is 5.92 Å². The molecule has 1 aliphatic heterocycles. The van der Waals surface area contributed by atoms with E-state index in [9.17, 15) is 14.9 Å². The van der Waals surface area contributed by atoms with E-state index in [0.29, 0.717) is 17.2 Å². The highest BCUT2D eigenvalue weighted by molar-refractivity contribution is 6.30. The highest BCUT2D eigenvalue weighted by Gasteiger charge is 2.38. The lowest BCUT2D eigenvalue weighted by Crippen LogP contribution is -2.29. The standard InChI is InChI=1S/C25H20ClN3O3/c26-17-7-4-15(5-8-17)24-21-3-1-2-20(21)22-14-16(6-13-23(22)28-24)25(30)27-18-9-11-19(12-10-18)29(31)32/h1-2,4-14,20-21,24,28H,3H2,(H,27,30)/t20-,21+,24-/m0/s1. The lowest BCUT2D eigenvalue weighted by molar-refractivity contribution is -0.384. The maximum atomic E-state index is 12.8. The van der Waals surface area contributed by atoms with Gasteiger partial charge in [-0.3, -0.25) is 14.9 Å². The number of benzene rings is 3. The summed E-state index contributed by atoms with van der Waals surface area (Å²) in [5.41, 5.74) is 4.36. The number of halogens is 1. The molecule has 7 heteroatoms. The zero-order valence-corrected chi connectivity index (χ0v) is 17.8. The molecule has 160 valence electrons. The Morgan fingerprint density at radius 3 is 2.53 bits per heavy atom. The van der Waals surface area contributed by atoms with E-state index in [1.54, 1.807) is 6.07 Å². The average molecular weight is 446 g/mol. The third-order valence-corrected chi connectivity index (χ3v) is 6.44. The number of amides is 1. The highest BCUT2D eigenvalue weighted by Crippen LogP contribution is 2.50. The molecule has 0 spiro atoms. The molecule has 2 aliphatic rings. The summed E-state index contributed by atoms with van der Waals surface area (Å²) in [4.78, 5) is 23.2. The molecule has 0 aromatic heterocycles. The van der Waals surface area contributed by atoms with Crippen LogP contribution in [0.3, 0.4) is 0 Å². The van der Waals surface area contributed by atoms with E-state index in [1.165, 1.54) is 29.8 Å². The Hall–Kier alpha value is -3.64. The Kier molecular flexibility index (Phi) is 5.15. The number of carbonyl (C=O) groups is 1. The fourth-order valence-electron chi connectivity index (χ4n) is 4.61. The molecule has 3 aromatic rings. The number of nitrogens with one attached hydrogen (secondary N) is 2. The second-order valence-corrected chi connectivity index (χ2v) is 8.52. The molecule has 0 fully saturated rings. The van der Waals surface area contributed by atoms with E-state index in [-0.39, 0.29) is 23.6 Å². The predicted octanol–water partition coefficient (Wildman–Crippen LogP) is 6.33. The quantitative estimate of drug-likeness (QED) is 0.279. The molecule has 1 heterocycles. The van der Waals surface area contributed by atoms with Crippen LogP contribution in [-0.4, -0.2) is 10.8 Å². The Morgan fingerprint density at radius 2 is 1.81 bits per heavy atom. The van der Waals surface area contributed by atoms with Crippen LogP contribution in [0.25, 0.3) is 0 Å². The van der Waals surface area contributed by atoms with Crippen molar-refractivity contribution in [3.8, 4) is 0 Å².